The molecule has 0 spiro atoms. The van der Waals surface area contributed by atoms with Gasteiger partial charge in [0.05, 0.1) is 26.2 Å². The number of allylic oxidation sites excluding steroid dienone is 2. The fourth-order valence-corrected chi connectivity index (χ4v) is 5.02. The maximum absolute atomic E-state index is 11.2. The largest absolute Gasteiger partial charge is 0.289 e. The minimum Gasteiger partial charge on any atom is -0.258 e. The first kappa shape index (κ1) is 15.3. The van der Waals surface area contributed by atoms with E-state index in [4.69, 9.17) is 11.6 Å². The highest BCUT2D eigenvalue weighted by Crippen LogP contribution is 2.48. The zero-order valence-corrected chi connectivity index (χ0v) is 13.0. The number of non-ortho nitro benzene ring substituents is 1. The van der Waals surface area contributed by atoms with Crippen LogP contribution in [0.5, 0.6) is 0 Å². The van der Waals surface area contributed by atoms with Gasteiger partial charge < -0.3 is 0 Å². The van der Waals surface area contributed by atoms with Gasteiger partial charge in [0, 0.05) is 11.3 Å². The topological polar surface area (TPSA) is 86.3 Å². The van der Waals surface area contributed by atoms with E-state index in [1.807, 2.05) is 0 Å². The molecule has 1 aromatic carbocycles. The Morgan fingerprint density at radius 3 is 2.32 bits per heavy atom. The first-order valence-electron chi connectivity index (χ1n) is 6.89. The van der Waals surface area contributed by atoms with Gasteiger partial charge in [-0.3, -0.25) is 20.2 Å². The Bertz CT molecular complexity index is 666. The van der Waals surface area contributed by atoms with Crippen molar-refractivity contribution < 1.29 is 9.85 Å². The summed E-state index contributed by atoms with van der Waals surface area (Å²) < 4.78 is 0. The summed E-state index contributed by atoms with van der Waals surface area (Å²) in [6, 6.07) is 3.77. The standard InChI is InChI=1S/C14H13ClN2O4S/c15-13-8-1-3-9(4-2-8)14(13)22-12-6-5-10(16(18)19)7-11(12)17(20)21/h1,3,5-9,13-14H,2,4H2/t8-,9+,13-,14+/m1/s1. The molecule has 116 valence electrons. The summed E-state index contributed by atoms with van der Waals surface area (Å²) in [5.74, 6) is 0.605. The molecule has 0 heterocycles. The molecule has 1 aromatic rings. The van der Waals surface area contributed by atoms with Crippen LogP contribution < -0.4 is 0 Å². The highest BCUT2D eigenvalue weighted by Gasteiger charge is 2.41. The Hall–Kier alpha value is -1.60. The molecule has 0 unspecified atom stereocenters. The van der Waals surface area contributed by atoms with Gasteiger partial charge in [-0.1, -0.05) is 12.2 Å². The van der Waals surface area contributed by atoms with Gasteiger partial charge in [0.1, 0.15) is 0 Å². The fraction of sp³-hybridized carbons (Fsp3) is 0.429. The first-order chi connectivity index (χ1) is 10.5. The molecule has 0 aliphatic heterocycles. The van der Waals surface area contributed by atoms with E-state index in [1.165, 1.54) is 23.9 Å². The zero-order valence-electron chi connectivity index (χ0n) is 11.4. The van der Waals surface area contributed by atoms with Crippen molar-refractivity contribution in [2.24, 2.45) is 11.8 Å². The Morgan fingerprint density at radius 1 is 1.09 bits per heavy atom. The van der Waals surface area contributed by atoms with Gasteiger partial charge in [-0.25, -0.2) is 0 Å². The molecule has 22 heavy (non-hydrogen) atoms. The summed E-state index contributed by atoms with van der Waals surface area (Å²) in [5, 5.41) is 22.0. The van der Waals surface area contributed by atoms with Gasteiger partial charge in [0.25, 0.3) is 11.4 Å². The lowest BCUT2D eigenvalue weighted by atomic mass is 9.75. The van der Waals surface area contributed by atoms with Crippen LogP contribution in [0.1, 0.15) is 12.8 Å². The number of halogens is 1. The smallest absolute Gasteiger partial charge is 0.258 e. The molecule has 0 N–H and O–H groups in total. The minimum atomic E-state index is -0.628. The van der Waals surface area contributed by atoms with E-state index in [0.29, 0.717) is 16.7 Å². The van der Waals surface area contributed by atoms with Crippen LogP contribution >= 0.6 is 23.4 Å². The lowest BCUT2D eigenvalue weighted by Crippen LogP contribution is -2.39. The van der Waals surface area contributed by atoms with Crippen molar-refractivity contribution in [2.75, 3.05) is 0 Å². The number of fused-ring (bicyclic) bond motifs is 2. The molecular weight excluding hydrogens is 328 g/mol. The number of alkyl halides is 1. The molecule has 6 nitrogen and oxygen atoms in total. The highest BCUT2D eigenvalue weighted by atomic mass is 35.5. The van der Waals surface area contributed by atoms with E-state index in [-0.39, 0.29) is 22.0 Å². The summed E-state index contributed by atoms with van der Waals surface area (Å²) in [6.07, 6.45) is 6.35. The number of nitro groups is 2. The van der Waals surface area contributed by atoms with Crippen LogP contribution in [0.2, 0.25) is 0 Å². The third-order valence-corrected chi connectivity index (χ3v) is 6.46. The van der Waals surface area contributed by atoms with Crippen molar-refractivity contribution in [3.05, 3.63) is 50.6 Å². The maximum atomic E-state index is 11.2. The van der Waals surface area contributed by atoms with Crippen LogP contribution in [-0.4, -0.2) is 20.5 Å². The van der Waals surface area contributed by atoms with Gasteiger partial charge in [-0.15, -0.1) is 23.4 Å². The van der Waals surface area contributed by atoms with E-state index in [2.05, 4.69) is 12.2 Å². The Kier molecular flexibility index (Phi) is 4.10. The van der Waals surface area contributed by atoms with Crippen LogP contribution in [0.3, 0.4) is 0 Å². The van der Waals surface area contributed by atoms with Crippen molar-refractivity contribution in [3.63, 3.8) is 0 Å². The van der Waals surface area contributed by atoms with Crippen molar-refractivity contribution in [1.29, 1.82) is 0 Å². The molecule has 8 heteroatoms. The molecule has 0 amide bonds. The molecule has 4 atom stereocenters. The maximum Gasteiger partial charge on any atom is 0.289 e. The van der Waals surface area contributed by atoms with Gasteiger partial charge >= 0.3 is 0 Å². The monoisotopic (exact) mass is 340 g/mol. The number of hydrogen-bond donors (Lipinski definition) is 0. The van der Waals surface area contributed by atoms with E-state index in [1.54, 1.807) is 0 Å². The van der Waals surface area contributed by atoms with E-state index >= 15 is 0 Å². The average Bonchev–Trinajstić information content (AvgIpc) is 2.51. The minimum absolute atomic E-state index is 0.0607. The molecule has 0 radical (unpaired) electrons. The molecule has 3 aliphatic rings. The number of hydrogen-bond acceptors (Lipinski definition) is 5. The first-order valence-corrected chi connectivity index (χ1v) is 8.21. The summed E-state index contributed by atoms with van der Waals surface area (Å²) in [4.78, 5) is 21.2. The van der Waals surface area contributed by atoms with E-state index in [0.717, 1.165) is 18.9 Å². The van der Waals surface area contributed by atoms with Crippen molar-refractivity contribution in [2.45, 2.75) is 28.4 Å². The van der Waals surface area contributed by atoms with Gasteiger partial charge in [-0.2, -0.15) is 0 Å². The van der Waals surface area contributed by atoms with Crippen LogP contribution in [0, 0.1) is 32.1 Å². The van der Waals surface area contributed by atoms with E-state index < -0.39 is 9.85 Å². The van der Waals surface area contributed by atoms with Gasteiger partial charge in [0.15, 0.2) is 0 Å². The summed E-state index contributed by atoms with van der Waals surface area (Å²) in [6.45, 7) is 0. The average molecular weight is 341 g/mol. The van der Waals surface area contributed by atoms with Gasteiger partial charge in [-0.05, 0) is 30.7 Å². The molecule has 1 saturated carbocycles. The Morgan fingerprint density at radius 2 is 1.77 bits per heavy atom. The number of thioether (sulfide) groups is 1. The van der Waals surface area contributed by atoms with Crippen LogP contribution in [0.4, 0.5) is 11.4 Å². The predicted molar refractivity (Wildman–Crippen MR) is 84.4 cm³/mol. The zero-order chi connectivity index (χ0) is 15.9. The second-order valence-corrected chi connectivity index (χ2v) is 7.21. The van der Waals surface area contributed by atoms with Gasteiger partial charge in [0.2, 0.25) is 0 Å². The second kappa shape index (κ2) is 5.89. The second-order valence-electron chi connectivity index (χ2n) is 5.48. The van der Waals surface area contributed by atoms with Crippen molar-refractivity contribution in [3.8, 4) is 0 Å². The fourth-order valence-electron chi connectivity index (χ4n) is 3.04. The third kappa shape index (κ3) is 2.70. The Balaban J connectivity index is 1.90. The van der Waals surface area contributed by atoms with Crippen LogP contribution in [0.15, 0.2) is 35.2 Å². The molecule has 0 saturated heterocycles. The molecule has 1 fully saturated rings. The number of nitro benzene ring substituents is 2. The number of rotatable bonds is 4. The molecule has 3 aliphatic carbocycles. The third-order valence-electron chi connectivity index (χ3n) is 4.20. The summed E-state index contributed by atoms with van der Waals surface area (Å²) in [5.41, 5.74) is -0.503. The quantitative estimate of drug-likeness (QED) is 0.355. The highest BCUT2D eigenvalue weighted by molar-refractivity contribution is 8.00. The van der Waals surface area contributed by atoms with Crippen LogP contribution in [-0.2, 0) is 0 Å². The normalized spacial score (nSPS) is 29.5. The summed E-state index contributed by atoms with van der Waals surface area (Å²) in [7, 11) is 0. The number of benzene rings is 1. The van der Waals surface area contributed by atoms with E-state index in [9.17, 15) is 20.2 Å². The molecule has 2 bridgehead atoms. The summed E-state index contributed by atoms with van der Waals surface area (Å²) >= 11 is 7.86. The predicted octanol–water partition coefficient (Wildman–Crippen LogP) is 4.17. The number of nitrogens with zero attached hydrogens (tertiary/aromatic N) is 2. The molecule has 0 aromatic heterocycles. The van der Waals surface area contributed by atoms with Crippen LogP contribution in [0.25, 0.3) is 0 Å². The lowest BCUT2D eigenvalue weighted by Gasteiger charge is -2.41. The SMILES string of the molecule is O=[N+]([O-])c1ccc(S[C@@H]2[C@H](Cl)[C@@H]3C=C[C@H]2CC3)c([N+](=O)[O-])c1. The van der Waals surface area contributed by atoms with Crippen molar-refractivity contribution in [1.82, 2.24) is 0 Å². The lowest BCUT2D eigenvalue weighted by molar-refractivity contribution is -0.396. The molecule has 4 rings (SSSR count). The Labute approximate surface area is 135 Å². The van der Waals surface area contributed by atoms with Crippen molar-refractivity contribution >= 4 is 34.7 Å². The molecular formula is C14H13ClN2O4S.